The minimum atomic E-state index is -0.386. The van der Waals surface area contributed by atoms with Gasteiger partial charge in [0.25, 0.3) is 5.91 Å². The second kappa shape index (κ2) is 7.40. The van der Waals surface area contributed by atoms with Gasteiger partial charge in [-0.1, -0.05) is 0 Å². The van der Waals surface area contributed by atoms with Crippen molar-refractivity contribution in [3.8, 4) is 17.0 Å². The van der Waals surface area contributed by atoms with Crippen molar-refractivity contribution in [2.45, 2.75) is 31.7 Å². The molecule has 2 N–H and O–H groups in total. The lowest BCUT2D eigenvalue weighted by molar-refractivity contribution is 0.1000. The molecule has 156 valence electrons. The molecule has 3 aliphatic rings. The van der Waals surface area contributed by atoms with Crippen LogP contribution in [-0.2, 0) is 12.8 Å². The number of carbonyl (C=O) groups is 1. The van der Waals surface area contributed by atoms with E-state index in [4.69, 9.17) is 10.5 Å². The second-order valence-corrected chi connectivity index (χ2v) is 8.52. The molecule has 3 aliphatic heterocycles. The number of aliphatic imine (C=N–C) groups is 1. The van der Waals surface area contributed by atoms with Crippen molar-refractivity contribution in [2.24, 2.45) is 10.7 Å². The first kappa shape index (κ1) is 19.1. The standard InChI is InChI=1S/C23H27N5O2/c1-27(2)16-6-8-28(13-16)19-11-18(21-17(5-7-25-21)20(19)22(24)29)15-10-14-4-3-9-30-23(14)26-12-15/h7,10-12,16H,3-6,8-9,13H2,1-2H3,(H2,24,29). The fraction of sp³-hybridized carbons (Fsp3) is 0.435. The molecule has 0 spiro atoms. The summed E-state index contributed by atoms with van der Waals surface area (Å²) in [5.41, 5.74) is 12.3. The van der Waals surface area contributed by atoms with Crippen LogP contribution >= 0.6 is 0 Å². The Hall–Kier alpha value is -2.93. The van der Waals surface area contributed by atoms with Crippen LogP contribution in [0.15, 0.2) is 23.3 Å². The van der Waals surface area contributed by atoms with Crippen molar-refractivity contribution in [1.29, 1.82) is 0 Å². The Bertz CT molecular complexity index is 1050. The molecule has 1 saturated heterocycles. The molecular weight excluding hydrogens is 378 g/mol. The van der Waals surface area contributed by atoms with Crippen LogP contribution in [0.25, 0.3) is 11.1 Å². The number of pyridine rings is 1. The average molecular weight is 406 g/mol. The molecule has 7 nitrogen and oxygen atoms in total. The molecule has 1 aromatic carbocycles. The summed E-state index contributed by atoms with van der Waals surface area (Å²) >= 11 is 0. The number of carbonyl (C=O) groups excluding carboxylic acids is 1. The van der Waals surface area contributed by atoms with Gasteiger partial charge in [-0.05, 0) is 51.1 Å². The lowest BCUT2D eigenvalue weighted by Crippen LogP contribution is -2.32. The summed E-state index contributed by atoms with van der Waals surface area (Å²) < 4.78 is 5.68. The number of nitrogens with zero attached hydrogens (tertiary/aromatic N) is 4. The number of aryl methyl sites for hydroxylation is 1. The summed E-state index contributed by atoms with van der Waals surface area (Å²) in [6.45, 7) is 2.50. The van der Waals surface area contributed by atoms with E-state index in [-0.39, 0.29) is 5.91 Å². The lowest BCUT2D eigenvalue weighted by atomic mass is 9.93. The quantitative estimate of drug-likeness (QED) is 0.845. The molecule has 0 saturated carbocycles. The maximum Gasteiger partial charge on any atom is 0.251 e. The Morgan fingerprint density at radius 3 is 2.97 bits per heavy atom. The van der Waals surface area contributed by atoms with Crippen molar-refractivity contribution in [1.82, 2.24) is 9.88 Å². The van der Waals surface area contributed by atoms with Gasteiger partial charge in [-0.3, -0.25) is 9.79 Å². The first-order valence-corrected chi connectivity index (χ1v) is 10.6. The molecule has 0 bridgehead atoms. The molecule has 1 amide bonds. The monoisotopic (exact) mass is 405 g/mol. The minimum absolute atomic E-state index is 0.386. The molecule has 1 fully saturated rings. The number of nitrogens with two attached hydrogens (primary N) is 1. The van der Waals surface area contributed by atoms with E-state index in [9.17, 15) is 4.79 Å². The van der Waals surface area contributed by atoms with Crippen molar-refractivity contribution < 1.29 is 9.53 Å². The molecule has 30 heavy (non-hydrogen) atoms. The van der Waals surface area contributed by atoms with E-state index in [1.54, 1.807) is 0 Å². The number of amides is 1. The summed E-state index contributed by atoms with van der Waals surface area (Å²) in [6, 6.07) is 4.71. The van der Waals surface area contributed by atoms with Crippen molar-refractivity contribution in [2.75, 3.05) is 38.7 Å². The predicted molar refractivity (Wildman–Crippen MR) is 118 cm³/mol. The topological polar surface area (TPSA) is 84.0 Å². The highest BCUT2D eigenvalue weighted by Gasteiger charge is 2.31. The summed E-state index contributed by atoms with van der Waals surface area (Å²) in [7, 11) is 4.21. The normalized spacial score (nSPS) is 19.7. The van der Waals surface area contributed by atoms with Crippen molar-refractivity contribution >= 4 is 23.5 Å². The maximum atomic E-state index is 12.5. The zero-order valence-corrected chi connectivity index (χ0v) is 17.5. The van der Waals surface area contributed by atoms with Crippen LogP contribution in [0.5, 0.6) is 5.88 Å². The third-order valence-electron chi connectivity index (χ3n) is 6.44. The van der Waals surface area contributed by atoms with Gasteiger partial charge in [0, 0.05) is 54.7 Å². The van der Waals surface area contributed by atoms with E-state index in [2.05, 4.69) is 46.0 Å². The van der Waals surface area contributed by atoms with Gasteiger partial charge in [0.05, 0.1) is 23.5 Å². The van der Waals surface area contributed by atoms with Crippen LogP contribution in [0.2, 0.25) is 0 Å². The molecule has 0 aliphatic carbocycles. The van der Waals surface area contributed by atoms with Crippen molar-refractivity contribution in [3.05, 3.63) is 35.0 Å². The number of benzene rings is 1. The van der Waals surface area contributed by atoms with E-state index in [1.165, 1.54) is 0 Å². The van der Waals surface area contributed by atoms with Gasteiger partial charge in [-0.2, -0.15) is 0 Å². The van der Waals surface area contributed by atoms with Gasteiger partial charge in [0.1, 0.15) is 0 Å². The van der Waals surface area contributed by atoms with E-state index in [0.717, 1.165) is 78.5 Å². The largest absolute Gasteiger partial charge is 0.477 e. The van der Waals surface area contributed by atoms with E-state index in [1.807, 2.05) is 12.4 Å². The minimum Gasteiger partial charge on any atom is -0.477 e. The van der Waals surface area contributed by atoms with Crippen LogP contribution in [0.3, 0.4) is 0 Å². The first-order chi connectivity index (χ1) is 14.5. The summed E-state index contributed by atoms with van der Waals surface area (Å²) in [5, 5.41) is 0. The Kier molecular flexibility index (Phi) is 4.70. The fourth-order valence-electron chi connectivity index (χ4n) is 4.80. The Labute approximate surface area is 176 Å². The first-order valence-electron chi connectivity index (χ1n) is 10.6. The number of hydrogen-bond acceptors (Lipinski definition) is 6. The Morgan fingerprint density at radius 1 is 1.33 bits per heavy atom. The van der Waals surface area contributed by atoms with Gasteiger partial charge >= 0.3 is 0 Å². The zero-order chi connectivity index (χ0) is 20.8. The average Bonchev–Trinajstić information content (AvgIpc) is 3.42. The van der Waals surface area contributed by atoms with Crippen LogP contribution in [0.4, 0.5) is 11.4 Å². The van der Waals surface area contributed by atoms with Crippen LogP contribution in [-0.4, -0.2) is 61.8 Å². The third kappa shape index (κ3) is 3.13. The van der Waals surface area contributed by atoms with E-state index in [0.29, 0.717) is 18.0 Å². The van der Waals surface area contributed by atoms with E-state index >= 15 is 0 Å². The maximum absolute atomic E-state index is 12.5. The van der Waals surface area contributed by atoms with Gasteiger partial charge in [-0.25, -0.2) is 4.98 Å². The third-order valence-corrected chi connectivity index (χ3v) is 6.44. The highest BCUT2D eigenvalue weighted by molar-refractivity contribution is 6.06. The van der Waals surface area contributed by atoms with E-state index < -0.39 is 0 Å². The van der Waals surface area contributed by atoms with Crippen LogP contribution in [0, 0.1) is 0 Å². The highest BCUT2D eigenvalue weighted by Crippen LogP contribution is 2.44. The number of primary amides is 1. The smallest absolute Gasteiger partial charge is 0.251 e. The Morgan fingerprint density at radius 2 is 2.20 bits per heavy atom. The predicted octanol–water partition coefficient (Wildman–Crippen LogP) is 2.57. The zero-order valence-electron chi connectivity index (χ0n) is 17.5. The number of ether oxygens (including phenoxy) is 1. The number of hydrogen-bond donors (Lipinski definition) is 1. The van der Waals surface area contributed by atoms with Gasteiger partial charge in [0.15, 0.2) is 0 Å². The second-order valence-electron chi connectivity index (χ2n) is 8.52. The van der Waals surface area contributed by atoms with Crippen LogP contribution in [0.1, 0.15) is 34.3 Å². The number of anilines is 1. The summed E-state index contributed by atoms with van der Waals surface area (Å²) in [6.07, 6.45) is 7.37. The molecule has 7 heteroatoms. The molecule has 0 radical (unpaired) electrons. The van der Waals surface area contributed by atoms with Gasteiger partial charge in [0.2, 0.25) is 5.88 Å². The molecule has 1 unspecified atom stereocenters. The molecule has 1 atom stereocenters. The highest BCUT2D eigenvalue weighted by atomic mass is 16.5. The van der Waals surface area contributed by atoms with Gasteiger partial charge < -0.3 is 20.3 Å². The molecule has 1 aromatic heterocycles. The fourth-order valence-corrected chi connectivity index (χ4v) is 4.80. The van der Waals surface area contributed by atoms with Crippen molar-refractivity contribution in [3.63, 3.8) is 0 Å². The SMILES string of the molecule is CN(C)C1CCN(c2cc(-c3cnc4c(c3)CCCO4)c3c(c2C(N)=O)CC=N3)C1. The Balaban J connectivity index is 1.64. The van der Waals surface area contributed by atoms with Gasteiger partial charge in [-0.15, -0.1) is 0 Å². The summed E-state index contributed by atoms with van der Waals surface area (Å²) in [4.78, 5) is 26.2. The van der Waals surface area contributed by atoms with Crippen LogP contribution < -0.4 is 15.4 Å². The number of aromatic nitrogens is 1. The number of fused-ring (bicyclic) bond motifs is 2. The lowest BCUT2D eigenvalue weighted by Gasteiger charge is -2.26. The molecular formula is C23H27N5O2. The molecule has 5 rings (SSSR count). The molecule has 4 heterocycles. The molecule has 2 aromatic rings. The number of likely N-dealkylation sites (N-methyl/N-ethyl adjacent to an activating group) is 1. The number of rotatable bonds is 4. The summed E-state index contributed by atoms with van der Waals surface area (Å²) in [5.74, 6) is 0.344.